The highest BCUT2D eigenvalue weighted by Gasteiger charge is 2.20. The third kappa shape index (κ3) is 4.24. The fraction of sp³-hybridized carbons (Fsp3) is 0.250. The number of carbonyl (C=O) groups excluding carboxylic acids is 1. The Labute approximate surface area is 184 Å². The second-order valence-corrected chi connectivity index (χ2v) is 8.80. The quantitative estimate of drug-likeness (QED) is 0.468. The maximum Gasteiger partial charge on any atom is 0.255 e. The monoisotopic (exact) mass is 437 g/mol. The molecule has 0 unspecified atom stereocenters. The highest BCUT2D eigenvalue weighted by Crippen LogP contribution is 2.33. The molecule has 0 radical (unpaired) electrons. The van der Waals surface area contributed by atoms with E-state index in [1.807, 2.05) is 39.0 Å². The minimum absolute atomic E-state index is 0.111. The first-order valence-corrected chi connectivity index (χ1v) is 10.9. The third-order valence-corrected chi connectivity index (χ3v) is 6.37. The van der Waals surface area contributed by atoms with Crippen LogP contribution in [0, 0.1) is 26.6 Å². The number of halogens is 1. The number of rotatable bonds is 6. The minimum atomic E-state index is -0.240. The fourth-order valence-corrected chi connectivity index (χ4v) is 5.12. The molecular formula is C24H24FN3O2S. The topological polar surface area (TPSA) is 67.2 Å². The van der Waals surface area contributed by atoms with Gasteiger partial charge in [0.2, 0.25) is 0 Å². The molecule has 4 aromatic rings. The number of thiophene rings is 1. The number of aromatic nitrogens is 2. The molecule has 160 valence electrons. The summed E-state index contributed by atoms with van der Waals surface area (Å²) in [5, 5.41) is 17.4. The molecule has 0 aliphatic carbocycles. The van der Waals surface area contributed by atoms with Crippen molar-refractivity contribution in [3.8, 4) is 5.69 Å². The molecular weight excluding hydrogens is 413 g/mol. The van der Waals surface area contributed by atoms with E-state index in [2.05, 4.69) is 22.5 Å². The van der Waals surface area contributed by atoms with Gasteiger partial charge in [-0.15, -0.1) is 11.3 Å². The third-order valence-electron chi connectivity index (χ3n) is 5.20. The predicted molar refractivity (Wildman–Crippen MR) is 122 cm³/mol. The molecule has 4 rings (SSSR count). The number of amides is 1. The SMILES string of the molecule is Cc1cc(F)cc(Cc2cc3cccc(-n4nc(C)c(C(=O)NCCO)c4C)c3s2)c1. The summed E-state index contributed by atoms with van der Waals surface area (Å²) in [6, 6.07) is 13.3. The van der Waals surface area contributed by atoms with E-state index in [1.165, 1.54) is 6.07 Å². The summed E-state index contributed by atoms with van der Waals surface area (Å²) in [6.45, 7) is 5.67. The molecule has 0 saturated heterocycles. The normalized spacial score (nSPS) is 11.3. The lowest BCUT2D eigenvalue weighted by molar-refractivity contribution is 0.0943. The first kappa shape index (κ1) is 21.2. The van der Waals surface area contributed by atoms with Crippen LogP contribution < -0.4 is 5.32 Å². The number of fused-ring (bicyclic) bond motifs is 1. The average molecular weight is 438 g/mol. The van der Waals surface area contributed by atoms with Crippen LogP contribution in [0.3, 0.4) is 0 Å². The Hall–Kier alpha value is -3.03. The summed E-state index contributed by atoms with van der Waals surface area (Å²) in [5.41, 5.74) is 4.67. The van der Waals surface area contributed by atoms with Crippen LogP contribution in [0.2, 0.25) is 0 Å². The largest absolute Gasteiger partial charge is 0.395 e. The Morgan fingerprint density at radius 1 is 1.19 bits per heavy atom. The number of nitrogens with zero attached hydrogens (tertiary/aromatic N) is 2. The van der Waals surface area contributed by atoms with Crippen molar-refractivity contribution in [1.82, 2.24) is 15.1 Å². The maximum atomic E-state index is 13.8. The number of aliphatic hydroxyl groups is 1. The van der Waals surface area contributed by atoms with Crippen molar-refractivity contribution < 1.29 is 14.3 Å². The van der Waals surface area contributed by atoms with E-state index in [4.69, 9.17) is 5.11 Å². The summed E-state index contributed by atoms with van der Waals surface area (Å²) in [7, 11) is 0. The second-order valence-electron chi connectivity index (χ2n) is 7.66. The van der Waals surface area contributed by atoms with E-state index in [1.54, 1.807) is 22.1 Å². The molecule has 2 aromatic heterocycles. The number of aliphatic hydroxyl groups excluding tert-OH is 1. The molecule has 0 aliphatic heterocycles. The standard InChI is InChI=1S/C24H24FN3O2S/c1-14-9-17(11-19(25)10-14)12-20-13-18-5-4-6-21(23(18)31-20)28-16(3)22(15(2)27-28)24(30)26-7-8-29/h4-6,9-11,13,29H,7-8,12H2,1-3H3,(H,26,30). The average Bonchev–Trinajstić information content (AvgIpc) is 3.24. The van der Waals surface area contributed by atoms with Crippen molar-refractivity contribution in [3.05, 3.63) is 81.2 Å². The number of nitrogens with one attached hydrogen (secondary N) is 1. The molecule has 31 heavy (non-hydrogen) atoms. The van der Waals surface area contributed by atoms with Gasteiger partial charge in [-0.2, -0.15) is 5.10 Å². The van der Waals surface area contributed by atoms with Gasteiger partial charge in [0.25, 0.3) is 5.91 Å². The van der Waals surface area contributed by atoms with Gasteiger partial charge >= 0.3 is 0 Å². The summed E-state index contributed by atoms with van der Waals surface area (Å²) in [6.07, 6.45) is 0.656. The van der Waals surface area contributed by atoms with Crippen LogP contribution in [0.1, 0.15) is 37.7 Å². The van der Waals surface area contributed by atoms with Gasteiger partial charge in [-0.1, -0.05) is 18.2 Å². The van der Waals surface area contributed by atoms with E-state index in [-0.39, 0.29) is 24.9 Å². The zero-order valence-electron chi connectivity index (χ0n) is 17.7. The zero-order valence-corrected chi connectivity index (χ0v) is 18.5. The Morgan fingerprint density at radius 2 is 2.00 bits per heavy atom. The van der Waals surface area contributed by atoms with E-state index < -0.39 is 0 Å². The lowest BCUT2D eigenvalue weighted by Crippen LogP contribution is -2.27. The smallest absolute Gasteiger partial charge is 0.255 e. The van der Waals surface area contributed by atoms with Gasteiger partial charge in [0.05, 0.1) is 33.9 Å². The lowest BCUT2D eigenvalue weighted by Gasteiger charge is -2.07. The molecule has 2 N–H and O–H groups in total. The van der Waals surface area contributed by atoms with E-state index in [0.29, 0.717) is 17.7 Å². The maximum absolute atomic E-state index is 13.8. The molecule has 2 aromatic carbocycles. The first-order chi connectivity index (χ1) is 14.9. The van der Waals surface area contributed by atoms with Crippen LogP contribution >= 0.6 is 11.3 Å². The van der Waals surface area contributed by atoms with E-state index in [9.17, 15) is 9.18 Å². The van der Waals surface area contributed by atoms with Crippen molar-refractivity contribution in [2.24, 2.45) is 0 Å². The molecule has 0 bridgehead atoms. The molecule has 7 heteroatoms. The van der Waals surface area contributed by atoms with Crippen LogP contribution in [-0.2, 0) is 6.42 Å². The Kier molecular flexibility index (Phi) is 5.89. The van der Waals surface area contributed by atoms with Crippen LogP contribution in [0.15, 0.2) is 42.5 Å². The molecule has 1 amide bonds. The Balaban J connectivity index is 1.73. The van der Waals surface area contributed by atoms with Crippen LogP contribution in [0.5, 0.6) is 0 Å². The van der Waals surface area contributed by atoms with Crippen LogP contribution in [-0.4, -0.2) is 33.9 Å². The van der Waals surface area contributed by atoms with E-state index >= 15 is 0 Å². The van der Waals surface area contributed by atoms with Crippen molar-refractivity contribution >= 4 is 27.3 Å². The number of hydrogen-bond acceptors (Lipinski definition) is 4. The highest BCUT2D eigenvalue weighted by atomic mass is 32.1. The molecule has 0 aliphatic rings. The van der Waals surface area contributed by atoms with Crippen molar-refractivity contribution in [2.45, 2.75) is 27.2 Å². The number of aryl methyl sites for hydroxylation is 2. The van der Waals surface area contributed by atoms with Gasteiger partial charge in [0.15, 0.2) is 0 Å². The molecule has 0 spiro atoms. The summed E-state index contributed by atoms with van der Waals surface area (Å²) in [4.78, 5) is 13.6. The number of benzene rings is 2. The van der Waals surface area contributed by atoms with Gasteiger partial charge in [-0.3, -0.25) is 4.79 Å². The second kappa shape index (κ2) is 8.61. The molecule has 0 saturated carbocycles. The van der Waals surface area contributed by atoms with Crippen molar-refractivity contribution in [2.75, 3.05) is 13.2 Å². The van der Waals surface area contributed by atoms with E-state index in [0.717, 1.165) is 37.5 Å². The van der Waals surface area contributed by atoms with Crippen molar-refractivity contribution in [3.63, 3.8) is 0 Å². The first-order valence-electron chi connectivity index (χ1n) is 10.1. The van der Waals surface area contributed by atoms with Crippen LogP contribution in [0.4, 0.5) is 4.39 Å². The van der Waals surface area contributed by atoms with Crippen LogP contribution in [0.25, 0.3) is 15.8 Å². The Bertz CT molecular complexity index is 1260. The fourth-order valence-electron chi connectivity index (χ4n) is 3.93. The Morgan fingerprint density at radius 3 is 2.74 bits per heavy atom. The molecule has 2 heterocycles. The molecule has 0 fully saturated rings. The lowest BCUT2D eigenvalue weighted by atomic mass is 10.1. The van der Waals surface area contributed by atoms with Gasteiger partial charge in [-0.05, 0) is 61.5 Å². The number of carbonyl (C=O) groups is 1. The summed E-state index contributed by atoms with van der Waals surface area (Å²) in [5.74, 6) is -0.456. The van der Waals surface area contributed by atoms with Crippen molar-refractivity contribution in [1.29, 1.82) is 0 Å². The predicted octanol–water partition coefficient (Wildman–Crippen LogP) is 4.46. The van der Waals surface area contributed by atoms with Gasteiger partial charge in [0.1, 0.15) is 5.82 Å². The highest BCUT2D eigenvalue weighted by molar-refractivity contribution is 7.19. The van der Waals surface area contributed by atoms with Gasteiger partial charge in [-0.25, -0.2) is 9.07 Å². The number of hydrogen-bond donors (Lipinski definition) is 2. The molecule has 0 atom stereocenters. The molecule has 5 nitrogen and oxygen atoms in total. The van der Waals surface area contributed by atoms with Gasteiger partial charge < -0.3 is 10.4 Å². The summed E-state index contributed by atoms with van der Waals surface area (Å²) >= 11 is 1.65. The summed E-state index contributed by atoms with van der Waals surface area (Å²) < 4.78 is 16.7. The zero-order chi connectivity index (χ0) is 22.1. The van der Waals surface area contributed by atoms with Gasteiger partial charge in [0, 0.05) is 17.8 Å². The minimum Gasteiger partial charge on any atom is -0.395 e.